The minimum atomic E-state index is -4.40. The summed E-state index contributed by atoms with van der Waals surface area (Å²) in [5, 5.41) is 0. The third-order valence-corrected chi connectivity index (χ3v) is 17.1. The molecule has 510 valence electrons. The van der Waals surface area contributed by atoms with Gasteiger partial charge in [0.05, 0.1) is 27.7 Å². The number of hydrogen-bond donors (Lipinski definition) is 1. The standard InChI is InChI=1S/C78H140NO8P/c1-6-8-10-12-14-16-18-20-22-24-26-28-30-32-34-36-37-38-39-40-41-43-45-47-49-51-53-55-57-59-61-63-65-67-69-71-78(81)87-76(75-86-88(82,83)85-73-72-79(3,4)5)74-84-77(80)70-68-66-64-62-60-58-56-54-52-50-48-46-44-42-35-33-31-29-27-25-23-21-19-17-15-13-11-9-7-2/h8,10,14,16,19-22,25-28,32,34,37-38,76H,6-7,9,11-13,15,17-18,23-24,29-31,33,35-36,39-75H2,1-5H3/p+1/b10-8-,16-14-,21-19-,22-20-,27-25-,28-26-,34-32-,38-37-. The van der Waals surface area contributed by atoms with E-state index in [1.54, 1.807) is 0 Å². The van der Waals surface area contributed by atoms with Crippen LogP contribution in [0.3, 0.4) is 0 Å². The SMILES string of the molecule is CC/C=C\C/C=C\C/C=C\C/C=C\C/C=C\C/C=C\CCCCCCCCCCCCCCCCCCC(=O)OC(COC(=O)CCCCCCCCCCCCCCCCCCC/C=C\C/C=C\CCCCCCC)COP(=O)(O)OCC[N+](C)(C)C. The Balaban J connectivity index is 4.00. The van der Waals surface area contributed by atoms with Crippen LogP contribution in [0.5, 0.6) is 0 Å². The lowest BCUT2D eigenvalue weighted by molar-refractivity contribution is -0.870. The minimum absolute atomic E-state index is 0.0305. The summed E-state index contributed by atoms with van der Waals surface area (Å²) in [5.41, 5.74) is 0. The van der Waals surface area contributed by atoms with Crippen molar-refractivity contribution in [2.24, 2.45) is 0 Å². The van der Waals surface area contributed by atoms with E-state index in [4.69, 9.17) is 18.5 Å². The first-order valence-corrected chi connectivity index (χ1v) is 38.5. The highest BCUT2D eigenvalue weighted by atomic mass is 31.2. The monoisotopic (exact) mass is 1250 g/mol. The molecule has 0 spiro atoms. The first-order valence-electron chi connectivity index (χ1n) is 37.0. The zero-order valence-electron chi connectivity index (χ0n) is 58.2. The third-order valence-electron chi connectivity index (χ3n) is 16.1. The van der Waals surface area contributed by atoms with Crippen LogP contribution in [0.2, 0.25) is 0 Å². The second-order valence-corrected chi connectivity index (χ2v) is 27.4. The quantitative estimate of drug-likeness (QED) is 0.0211. The molecule has 0 aliphatic carbocycles. The molecule has 0 bridgehead atoms. The molecule has 2 unspecified atom stereocenters. The summed E-state index contributed by atoms with van der Waals surface area (Å²) >= 11 is 0. The summed E-state index contributed by atoms with van der Waals surface area (Å²) in [6, 6.07) is 0. The molecule has 0 fully saturated rings. The zero-order valence-corrected chi connectivity index (χ0v) is 59.1. The molecular weight excluding hydrogens is 1110 g/mol. The molecule has 0 saturated carbocycles. The van der Waals surface area contributed by atoms with E-state index in [1.807, 2.05) is 21.1 Å². The number of hydrogen-bond acceptors (Lipinski definition) is 7. The van der Waals surface area contributed by atoms with E-state index in [9.17, 15) is 19.0 Å². The lowest BCUT2D eigenvalue weighted by Crippen LogP contribution is -2.37. The maximum absolute atomic E-state index is 12.9. The van der Waals surface area contributed by atoms with Crippen LogP contribution < -0.4 is 0 Å². The third kappa shape index (κ3) is 72.0. The maximum Gasteiger partial charge on any atom is 0.472 e. The van der Waals surface area contributed by atoms with Gasteiger partial charge in [0, 0.05) is 12.8 Å². The Morgan fingerprint density at radius 2 is 0.648 bits per heavy atom. The second-order valence-electron chi connectivity index (χ2n) is 25.9. The molecular formula is C78H141NO8P+. The van der Waals surface area contributed by atoms with Gasteiger partial charge in [-0.3, -0.25) is 18.6 Å². The van der Waals surface area contributed by atoms with E-state index in [-0.39, 0.29) is 32.0 Å². The molecule has 0 aromatic carbocycles. The van der Waals surface area contributed by atoms with E-state index in [0.29, 0.717) is 17.4 Å². The average molecular weight is 1250 g/mol. The van der Waals surface area contributed by atoms with Crippen molar-refractivity contribution in [3.8, 4) is 0 Å². The second kappa shape index (κ2) is 68.3. The Kier molecular flexibility index (Phi) is 65.9. The van der Waals surface area contributed by atoms with Crippen LogP contribution in [0, 0.1) is 0 Å². The van der Waals surface area contributed by atoms with Gasteiger partial charge < -0.3 is 18.9 Å². The molecule has 0 aromatic rings. The Labute approximate surface area is 544 Å². The molecule has 0 amide bonds. The fourth-order valence-electron chi connectivity index (χ4n) is 10.5. The van der Waals surface area contributed by atoms with Crippen molar-refractivity contribution in [3.63, 3.8) is 0 Å². The van der Waals surface area contributed by atoms with Crippen molar-refractivity contribution in [2.75, 3.05) is 47.5 Å². The normalized spacial score (nSPS) is 13.7. The van der Waals surface area contributed by atoms with Gasteiger partial charge in [-0.05, 0) is 96.3 Å². The van der Waals surface area contributed by atoms with Crippen molar-refractivity contribution in [2.45, 2.75) is 341 Å². The Morgan fingerprint density at radius 3 is 0.966 bits per heavy atom. The van der Waals surface area contributed by atoms with E-state index < -0.39 is 26.5 Å². The number of quaternary nitrogens is 1. The van der Waals surface area contributed by atoms with Gasteiger partial charge in [0.2, 0.25) is 0 Å². The highest BCUT2D eigenvalue weighted by Gasteiger charge is 2.27. The molecule has 9 nitrogen and oxygen atoms in total. The van der Waals surface area contributed by atoms with Crippen molar-refractivity contribution < 1.29 is 42.1 Å². The molecule has 1 N–H and O–H groups in total. The molecule has 0 saturated heterocycles. The largest absolute Gasteiger partial charge is 0.472 e. The van der Waals surface area contributed by atoms with Gasteiger partial charge in [0.25, 0.3) is 0 Å². The van der Waals surface area contributed by atoms with Crippen LogP contribution in [-0.4, -0.2) is 74.9 Å². The number of carbonyl (C=O) groups is 2. The summed E-state index contributed by atoms with van der Waals surface area (Å²) in [7, 11) is 1.48. The number of phosphoric ester groups is 1. The fourth-order valence-corrected chi connectivity index (χ4v) is 11.2. The molecule has 2 atom stereocenters. The number of carbonyl (C=O) groups excluding carboxylic acids is 2. The van der Waals surface area contributed by atoms with E-state index in [1.165, 1.54) is 225 Å². The van der Waals surface area contributed by atoms with E-state index >= 15 is 0 Å². The number of ether oxygens (including phenoxy) is 2. The first-order chi connectivity index (χ1) is 43.0. The minimum Gasteiger partial charge on any atom is -0.462 e. The Morgan fingerprint density at radius 1 is 0.364 bits per heavy atom. The first kappa shape index (κ1) is 84.9. The number of nitrogens with zero attached hydrogens (tertiary/aromatic N) is 1. The predicted molar refractivity (Wildman–Crippen MR) is 381 cm³/mol. The fraction of sp³-hybridized carbons (Fsp3) is 0.769. The lowest BCUT2D eigenvalue weighted by atomic mass is 10.0. The van der Waals surface area contributed by atoms with Crippen molar-refractivity contribution in [3.05, 3.63) is 97.2 Å². The molecule has 0 heterocycles. The van der Waals surface area contributed by atoms with Crippen molar-refractivity contribution >= 4 is 19.8 Å². The van der Waals surface area contributed by atoms with Gasteiger partial charge in [-0.2, -0.15) is 0 Å². The summed E-state index contributed by atoms with van der Waals surface area (Å²) in [6.07, 6.45) is 95.2. The average Bonchev–Trinajstić information content (AvgIpc) is 3.57. The number of rotatable bonds is 68. The van der Waals surface area contributed by atoms with Crippen LogP contribution in [0.1, 0.15) is 335 Å². The van der Waals surface area contributed by atoms with Crippen LogP contribution in [0.4, 0.5) is 0 Å². The Hall–Kier alpha value is -3.07. The highest BCUT2D eigenvalue weighted by molar-refractivity contribution is 7.47. The highest BCUT2D eigenvalue weighted by Crippen LogP contribution is 2.43. The number of unbranched alkanes of at least 4 members (excludes halogenated alkanes) is 38. The maximum atomic E-state index is 12.9. The molecule has 0 radical (unpaired) electrons. The van der Waals surface area contributed by atoms with Gasteiger partial charge in [0.1, 0.15) is 19.8 Å². The van der Waals surface area contributed by atoms with Gasteiger partial charge in [-0.1, -0.05) is 323 Å². The summed E-state index contributed by atoms with van der Waals surface area (Å²) in [4.78, 5) is 35.9. The number of phosphoric acid groups is 1. The molecule has 0 aliphatic rings. The molecule has 0 aliphatic heterocycles. The van der Waals surface area contributed by atoms with Gasteiger partial charge in [-0.15, -0.1) is 0 Å². The van der Waals surface area contributed by atoms with Crippen LogP contribution >= 0.6 is 7.82 Å². The Bertz CT molecular complexity index is 1810. The molecule has 88 heavy (non-hydrogen) atoms. The van der Waals surface area contributed by atoms with Crippen LogP contribution in [-0.2, 0) is 32.7 Å². The van der Waals surface area contributed by atoms with E-state index in [2.05, 4.69) is 111 Å². The number of allylic oxidation sites excluding steroid dienone is 16. The van der Waals surface area contributed by atoms with Gasteiger partial charge >= 0.3 is 19.8 Å². The van der Waals surface area contributed by atoms with E-state index in [0.717, 1.165) is 77.0 Å². The molecule has 0 aromatic heterocycles. The number of likely N-dealkylation sites (N-methyl/N-ethyl adjacent to an activating group) is 1. The molecule has 0 rings (SSSR count). The zero-order chi connectivity index (χ0) is 64.1. The van der Waals surface area contributed by atoms with Crippen LogP contribution in [0.15, 0.2) is 97.2 Å². The molecule has 10 heteroatoms. The van der Waals surface area contributed by atoms with Gasteiger partial charge in [-0.25, -0.2) is 4.57 Å². The summed E-state index contributed by atoms with van der Waals surface area (Å²) < 4.78 is 34.8. The van der Waals surface area contributed by atoms with Crippen molar-refractivity contribution in [1.29, 1.82) is 0 Å². The lowest BCUT2D eigenvalue weighted by Gasteiger charge is -2.24. The smallest absolute Gasteiger partial charge is 0.462 e. The van der Waals surface area contributed by atoms with Crippen molar-refractivity contribution in [1.82, 2.24) is 0 Å². The van der Waals surface area contributed by atoms with Gasteiger partial charge in [0.15, 0.2) is 6.10 Å². The summed E-state index contributed by atoms with van der Waals surface area (Å²) in [6.45, 7) is 4.35. The predicted octanol–water partition coefficient (Wildman–Crippen LogP) is 24.3. The topological polar surface area (TPSA) is 108 Å². The van der Waals surface area contributed by atoms with Crippen LogP contribution in [0.25, 0.3) is 0 Å². The number of esters is 2. The summed E-state index contributed by atoms with van der Waals surface area (Å²) in [5.74, 6) is -0.785.